The zero-order valence-corrected chi connectivity index (χ0v) is 12.6. The second kappa shape index (κ2) is 6.72. The van der Waals surface area contributed by atoms with Gasteiger partial charge in [-0.2, -0.15) is 0 Å². The lowest BCUT2D eigenvalue weighted by molar-refractivity contribution is 0.103. The Bertz CT molecular complexity index is 775. The molecule has 0 saturated heterocycles. The van der Waals surface area contributed by atoms with Crippen LogP contribution in [0.1, 0.15) is 11.3 Å². The molecular weight excluding hydrogens is 301 g/mol. The molecule has 0 aliphatic carbocycles. The zero-order chi connectivity index (χ0) is 15.4. The maximum absolute atomic E-state index is 13.7. The highest BCUT2D eigenvalue weighted by Gasteiger charge is 2.07. The van der Waals surface area contributed by atoms with Crippen LogP contribution in [0.4, 0.5) is 4.39 Å². The van der Waals surface area contributed by atoms with Crippen molar-refractivity contribution in [1.29, 1.82) is 0 Å². The van der Waals surface area contributed by atoms with Crippen molar-refractivity contribution in [3.8, 4) is 5.69 Å². The van der Waals surface area contributed by atoms with Crippen molar-refractivity contribution in [2.24, 2.45) is 0 Å². The molecule has 0 amide bonds. The lowest BCUT2D eigenvalue weighted by Gasteiger charge is -2.04. The quantitative estimate of drug-likeness (QED) is 0.734. The Balaban J connectivity index is 1.63. The molecule has 0 fully saturated rings. The van der Waals surface area contributed by atoms with Crippen LogP contribution in [0.2, 0.25) is 0 Å². The Morgan fingerprint density at radius 3 is 2.64 bits per heavy atom. The summed E-state index contributed by atoms with van der Waals surface area (Å²) < 4.78 is 20.7. The third kappa shape index (κ3) is 3.35. The first-order valence-corrected chi connectivity index (χ1v) is 7.19. The van der Waals surface area contributed by atoms with Crippen LogP contribution in [0.25, 0.3) is 5.69 Å². The molecule has 1 aromatic heterocycles. The number of para-hydroxylation sites is 1. The average Bonchev–Trinajstić information content (AvgIpc) is 2.98. The molecule has 6 heteroatoms. The van der Waals surface area contributed by atoms with Crippen molar-refractivity contribution < 1.29 is 9.13 Å². The van der Waals surface area contributed by atoms with Gasteiger partial charge in [0.25, 0.3) is 0 Å². The number of rotatable bonds is 5. The molecule has 1 heterocycles. The zero-order valence-electron chi connectivity index (χ0n) is 11.7. The van der Waals surface area contributed by atoms with Gasteiger partial charge < -0.3 is 4.74 Å². The summed E-state index contributed by atoms with van der Waals surface area (Å²) in [5.41, 5.74) is 2.01. The summed E-state index contributed by atoms with van der Waals surface area (Å²) in [7, 11) is 0. The van der Waals surface area contributed by atoms with Gasteiger partial charge in [0.2, 0.25) is 0 Å². The van der Waals surface area contributed by atoms with E-state index in [1.165, 1.54) is 10.7 Å². The summed E-state index contributed by atoms with van der Waals surface area (Å²) in [6.07, 6.45) is 1.66. The Morgan fingerprint density at radius 2 is 1.82 bits per heavy atom. The molecule has 0 aliphatic heterocycles. The van der Waals surface area contributed by atoms with Gasteiger partial charge in [-0.25, -0.2) is 9.07 Å². The topological polar surface area (TPSA) is 39.9 Å². The number of aromatic nitrogens is 3. The van der Waals surface area contributed by atoms with E-state index in [1.807, 2.05) is 24.3 Å². The third-order valence-electron chi connectivity index (χ3n) is 3.14. The first-order valence-electron chi connectivity index (χ1n) is 6.75. The van der Waals surface area contributed by atoms with Gasteiger partial charge in [-0.05, 0) is 23.8 Å². The second-order valence-electron chi connectivity index (χ2n) is 4.73. The minimum Gasteiger partial charge on any atom is -0.370 e. The summed E-state index contributed by atoms with van der Waals surface area (Å²) in [5.74, 6) is -0.344. The fourth-order valence-electron chi connectivity index (χ4n) is 2.02. The van der Waals surface area contributed by atoms with Crippen LogP contribution in [0.15, 0.2) is 59.6 Å². The molecule has 0 radical (unpaired) electrons. The minimum atomic E-state index is -0.344. The van der Waals surface area contributed by atoms with Crippen molar-refractivity contribution in [2.75, 3.05) is 0 Å². The first kappa shape index (κ1) is 14.7. The molecule has 0 spiro atoms. The second-order valence-corrected chi connectivity index (χ2v) is 5.21. The van der Waals surface area contributed by atoms with Crippen LogP contribution < -0.4 is 0 Å². The van der Waals surface area contributed by atoms with Crippen molar-refractivity contribution >= 4 is 12.6 Å². The van der Waals surface area contributed by atoms with Gasteiger partial charge in [-0.1, -0.05) is 35.5 Å². The Kier molecular flexibility index (Phi) is 4.50. The van der Waals surface area contributed by atoms with Crippen LogP contribution >= 0.6 is 12.6 Å². The lowest BCUT2D eigenvalue weighted by Crippen LogP contribution is -1.97. The number of hydrogen-bond donors (Lipinski definition) is 1. The highest BCUT2D eigenvalue weighted by molar-refractivity contribution is 7.80. The molecule has 4 nitrogen and oxygen atoms in total. The van der Waals surface area contributed by atoms with Crippen LogP contribution in [-0.4, -0.2) is 15.0 Å². The van der Waals surface area contributed by atoms with Gasteiger partial charge in [0.15, 0.2) is 0 Å². The van der Waals surface area contributed by atoms with E-state index in [1.54, 1.807) is 24.4 Å². The first-order chi connectivity index (χ1) is 10.7. The molecule has 0 atom stereocenters. The van der Waals surface area contributed by atoms with E-state index in [-0.39, 0.29) is 5.82 Å². The normalized spacial score (nSPS) is 10.8. The minimum absolute atomic E-state index is 0.302. The van der Waals surface area contributed by atoms with Crippen LogP contribution in [0, 0.1) is 5.82 Å². The van der Waals surface area contributed by atoms with Crippen LogP contribution in [0.3, 0.4) is 0 Å². The maximum atomic E-state index is 13.7. The molecule has 2 aromatic carbocycles. The number of halogens is 1. The largest absolute Gasteiger partial charge is 0.370 e. The van der Waals surface area contributed by atoms with Crippen molar-refractivity contribution in [3.05, 3.63) is 71.8 Å². The van der Waals surface area contributed by atoms with E-state index < -0.39 is 0 Å². The van der Waals surface area contributed by atoms with E-state index in [9.17, 15) is 4.39 Å². The summed E-state index contributed by atoms with van der Waals surface area (Å²) in [4.78, 5) is 0.887. The number of hydrogen-bond acceptors (Lipinski definition) is 4. The molecule has 3 aromatic rings. The fraction of sp³-hybridized carbons (Fsp3) is 0.125. The number of thiol groups is 1. The van der Waals surface area contributed by atoms with Gasteiger partial charge in [0, 0.05) is 4.90 Å². The van der Waals surface area contributed by atoms with E-state index in [2.05, 4.69) is 22.9 Å². The van der Waals surface area contributed by atoms with Crippen LogP contribution in [0.5, 0.6) is 0 Å². The molecule has 22 heavy (non-hydrogen) atoms. The van der Waals surface area contributed by atoms with Gasteiger partial charge in [-0.15, -0.1) is 17.7 Å². The van der Waals surface area contributed by atoms with Gasteiger partial charge in [0.05, 0.1) is 19.4 Å². The maximum Gasteiger partial charge on any atom is 0.148 e. The van der Waals surface area contributed by atoms with Crippen molar-refractivity contribution in [2.45, 2.75) is 18.1 Å². The summed E-state index contributed by atoms with van der Waals surface area (Å²) in [6, 6.07) is 14.1. The summed E-state index contributed by atoms with van der Waals surface area (Å²) in [6.45, 7) is 0.739. The van der Waals surface area contributed by atoms with Crippen molar-refractivity contribution in [1.82, 2.24) is 15.0 Å². The Labute approximate surface area is 133 Å². The monoisotopic (exact) mass is 315 g/mol. The van der Waals surface area contributed by atoms with E-state index in [4.69, 9.17) is 4.74 Å². The fourth-order valence-corrected chi connectivity index (χ4v) is 2.24. The third-order valence-corrected chi connectivity index (χ3v) is 3.58. The predicted octanol–water partition coefficient (Wildman–Crippen LogP) is 3.41. The van der Waals surface area contributed by atoms with E-state index in [0.29, 0.717) is 24.6 Å². The molecule has 112 valence electrons. The Morgan fingerprint density at radius 1 is 1.05 bits per heavy atom. The van der Waals surface area contributed by atoms with Gasteiger partial charge in [-0.3, -0.25) is 0 Å². The molecule has 0 aliphatic rings. The summed E-state index contributed by atoms with van der Waals surface area (Å²) in [5, 5.41) is 7.91. The highest BCUT2D eigenvalue weighted by Crippen LogP contribution is 2.15. The SMILES string of the molecule is Fc1ccccc1-n1cc(COCc2ccccc2S)nn1. The summed E-state index contributed by atoms with van der Waals surface area (Å²) >= 11 is 4.37. The predicted molar refractivity (Wildman–Crippen MR) is 83.5 cm³/mol. The van der Waals surface area contributed by atoms with Gasteiger partial charge in [0.1, 0.15) is 17.2 Å². The number of ether oxygens (including phenoxy) is 1. The van der Waals surface area contributed by atoms with Gasteiger partial charge >= 0.3 is 0 Å². The molecular formula is C16H14FN3OS. The van der Waals surface area contributed by atoms with E-state index >= 15 is 0 Å². The highest BCUT2D eigenvalue weighted by atomic mass is 32.1. The molecule has 0 saturated carbocycles. The smallest absolute Gasteiger partial charge is 0.148 e. The molecule has 0 bridgehead atoms. The standard InChI is InChI=1S/C16H14FN3OS/c17-14-6-2-3-7-15(14)20-9-13(18-19-20)11-21-10-12-5-1-4-8-16(12)22/h1-9,22H,10-11H2. The molecule has 0 unspecified atom stereocenters. The van der Waals surface area contributed by atoms with Crippen molar-refractivity contribution in [3.63, 3.8) is 0 Å². The lowest BCUT2D eigenvalue weighted by atomic mass is 10.2. The van der Waals surface area contributed by atoms with Crippen LogP contribution in [-0.2, 0) is 18.0 Å². The number of benzene rings is 2. The molecule has 0 N–H and O–H groups in total. The number of nitrogens with zero attached hydrogens (tertiary/aromatic N) is 3. The average molecular weight is 315 g/mol. The molecule has 3 rings (SSSR count). The van der Waals surface area contributed by atoms with E-state index in [0.717, 1.165) is 10.5 Å². The Hall–Kier alpha value is -2.18.